The van der Waals surface area contributed by atoms with Crippen molar-refractivity contribution in [1.29, 1.82) is 0 Å². The van der Waals surface area contributed by atoms with E-state index < -0.39 is 11.7 Å². The molecule has 4 rings (SSSR count). The molecule has 1 saturated heterocycles. The van der Waals surface area contributed by atoms with E-state index in [9.17, 15) is 14.0 Å². The highest BCUT2D eigenvalue weighted by Gasteiger charge is 2.23. The molecule has 3 aromatic rings. The summed E-state index contributed by atoms with van der Waals surface area (Å²) < 4.78 is 13.1. The molecule has 0 bridgehead atoms. The molecule has 0 atom stereocenters. The van der Waals surface area contributed by atoms with Crippen LogP contribution in [0, 0.1) is 5.82 Å². The third-order valence-electron chi connectivity index (χ3n) is 5.48. The van der Waals surface area contributed by atoms with Gasteiger partial charge in [0, 0.05) is 42.3 Å². The number of hydrogen-bond acceptors (Lipinski definition) is 4. The van der Waals surface area contributed by atoms with Gasteiger partial charge in [-0.1, -0.05) is 23.7 Å². The summed E-state index contributed by atoms with van der Waals surface area (Å²) in [5, 5.41) is 6.42. The first-order valence-corrected chi connectivity index (χ1v) is 11.5. The van der Waals surface area contributed by atoms with Gasteiger partial charge in [0.1, 0.15) is 5.82 Å². The number of carbonyl (C=O) groups excluding carboxylic acids is 2. The minimum atomic E-state index is -0.427. The number of nitrogens with zero attached hydrogens (tertiary/aromatic N) is 2. The predicted octanol–water partition coefficient (Wildman–Crippen LogP) is 4.57. The van der Waals surface area contributed by atoms with E-state index in [4.69, 9.17) is 23.8 Å². The number of nitrogens with one attached hydrogen (secondary N) is 2. The number of para-hydroxylation sites is 2. The normalized spacial score (nSPS) is 13.4. The van der Waals surface area contributed by atoms with Crippen molar-refractivity contribution in [2.75, 3.05) is 36.4 Å². The summed E-state index contributed by atoms with van der Waals surface area (Å²) in [6, 6.07) is 19.8. The minimum absolute atomic E-state index is 0.0209. The topological polar surface area (TPSA) is 64.7 Å². The van der Waals surface area contributed by atoms with E-state index in [2.05, 4.69) is 15.5 Å². The first kappa shape index (κ1) is 23.7. The molecule has 0 saturated carbocycles. The van der Waals surface area contributed by atoms with Gasteiger partial charge in [-0.05, 0) is 72.9 Å². The molecule has 1 heterocycles. The molecule has 0 spiro atoms. The molecule has 0 radical (unpaired) electrons. The van der Waals surface area contributed by atoms with Gasteiger partial charge in [-0.25, -0.2) is 4.39 Å². The number of amides is 2. The molecule has 1 fully saturated rings. The highest BCUT2D eigenvalue weighted by molar-refractivity contribution is 7.80. The van der Waals surface area contributed by atoms with E-state index in [0.717, 1.165) is 11.4 Å². The lowest BCUT2D eigenvalue weighted by Crippen LogP contribution is -2.49. The molecule has 174 valence electrons. The van der Waals surface area contributed by atoms with Crippen LogP contribution < -0.4 is 15.5 Å². The standard InChI is InChI=1S/C25H22ClFN4O2S/c26-19-9-5-18(6-10-19)24(33)31-15-13-30(14-16-31)22-4-2-1-3-21(22)28-25(34)29-23(32)17-7-11-20(27)12-8-17/h1-12H,13-16H2,(H2,28,29,32,34). The third-order valence-corrected chi connectivity index (χ3v) is 5.94. The van der Waals surface area contributed by atoms with Gasteiger partial charge in [0.2, 0.25) is 0 Å². The van der Waals surface area contributed by atoms with Crippen LogP contribution in [0.25, 0.3) is 0 Å². The van der Waals surface area contributed by atoms with Crippen molar-refractivity contribution in [3.05, 3.63) is 94.8 Å². The summed E-state index contributed by atoms with van der Waals surface area (Å²) >= 11 is 11.2. The van der Waals surface area contributed by atoms with Crippen LogP contribution in [0.15, 0.2) is 72.8 Å². The molecule has 2 amide bonds. The Labute approximate surface area is 207 Å². The first-order valence-electron chi connectivity index (χ1n) is 10.7. The van der Waals surface area contributed by atoms with Crippen LogP contribution in [0.5, 0.6) is 0 Å². The molecular weight excluding hydrogens is 475 g/mol. The molecule has 0 aliphatic carbocycles. The Morgan fingerprint density at radius 1 is 0.853 bits per heavy atom. The van der Waals surface area contributed by atoms with Crippen LogP contribution >= 0.6 is 23.8 Å². The van der Waals surface area contributed by atoms with Crippen molar-refractivity contribution in [3.8, 4) is 0 Å². The number of thiocarbonyl (C=S) groups is 1. The second kappa shape index (κ2) is 10.6. The Bertz CT molecular complexity index is 1200. The second-order valence-electron chi connectivity index (χ2n) is 7.72. The molecular formula is C25H22ClFN4O2S. The van der Waals surface area contributed by atoms with Crippen molar-refractivity contribution >= 4 is 52.1 Å². The van der Waals surface area contributed by atoms with Crippen LogP contribution in [-0.2, 0) is 0 Å². The highest BCUT2D eigenvalue weighted by Crippen LogP contribution is 2.27. The number of hydrogen-bond donors (Lipinski definition) is 2. The Morgan fingerprint density at radius 2 is 1.47 bits per heavy atom. The number of anilines is 2. The molecule has 1 aliphatic rings. The van der Waals surface area contributed by atoms with E-state index in [0.29, 0.717) is 42.3 Å². The van der Waals surface area contributed by atoms with Gasteiger partial charge >= 0.3 is 0 Å². The van der Waals surface area contributed by atoms with Gasteiger partial charge in [0.15, 0.2) is 5.11 Å². The average Bonchev–Trinajstić information content (AvgIpc) is 2.85. The van der Waals surface area contributed by atoms with E-state index >= 15 is 0 Å². The fourth-order valence-electron chi connectivity index (χ4n) is 3.71. The maximum absolute atomic E-state index is 13.1. The van der Waals surface area contributed by atoms with Gasteiger partial charge in [-0.15, -0.1) is 0 Å². The van der Waals surface area contributed by atoms with Crippen molar-refractivity contribution in [3.63, 3.8) is 0 Å². The van der Waals surface area contributed by atoms with E-state index in [1.165, 1.54) is 24.3 Å². The van der Waals surface area contributed by atoms with Crippen LogP contribution in [0.1, 0.15) is 20.7 Å². The smallest absolute Gasteiger partial charge is 0.257 e. The molecule has 3 aromatic carbocycles. The predicted molar refractivity (Wildman–Crippen MR) is 136 cm³/mol. The largest absolute Gasteiger partial charge is 0.366 e. The summed E-state index contributed by atoms with van der Waals surface area (Å²) in [6.45, 7) is 2.43. The number of carbonyl (C=O) groups is 2. The molecule has 0 aromatic heterocycles. The van der Waals surface area contributed by atoms with Gasteiger partial charge < -0.3 is 15.1 Å². The summed E-state index contributed by atoms with van der Waals surface area (Å²) in [5.41, 5.74) is 2.58. The third kappa shape index (κ3) is 5.70. The number of halogens is 2. The Kier molecular flexibility index (Phi) is 7.40. The van der Waals surface area contributed by atoms with Gasteiger partial charge in [-0.2, -0.15) is 0 Å². The maximum Gasteiger partial charge on any atom is 0.257 e. The summed E-state index contributed by atoms with van der Waals surface area (Å²) in [7, 11) is 0. The number of rotatable bonds is 4. The zero-order valence-corrected chi connectivity index (χ0v) is 19.7. The van der Waals surface area contributed by atoms with Gasteiger partial charge in [-0.3, -0.25) is 14.9 Å². The molecule has 2 N–H and O–H groups in total. The average molecular weight is 497 g/mol. The summed E-state index contributed by atoms with van der Waals surface area (Å²) in [4.78, 5) is 29.1. The minimum Gasteiger partial charge on any atom is -0.366 e. The SMILES string of the molecule is O=C(NC(=S)Nc1ccccc1N1CCN(C(=O)c2ccc(Cl)cc2)CC1)c1ccc(F)cc1. The Balaban J connectivity index is 1.37. The van der Waals surface area contributed by atoms with Gasteiger partial charge in [0.25, 0.3) is 11.8 Å². The molecule has 9 heteroatoms. The van der Waals surface area contributed by atoms with Crippen molar-refractivity contribution in [2.45, 2.75) is 0 Å². The van der Waals surface area contributed by atoms with Crippen molar-refractivity contribution in [1.82, 2.24) is 10.2 Å². The van der Waals surface area contributed by atoms with Crippen molar-refractivity contribution in [2.24, 2.45) is 0 Å². The number of piperazine rings is 1. The van der Waals surface area contributed by atoms with Crippen LogP contribution in [0.2, 0.25) is 5.02 Å². The zero-order chi connectivity index (χ0) is 24.1. The maximum atomic E-state index is 13.1. The number of benzene rings is 3. The lowest BCUT2D eigenvalue weighted by atomic mass is 10.1. The summed E-state index contributed by atoms with van der Waals surface area (Å²) in [6.07, 6.45) is 0. The van der Waals surface area contributed by atoms with E-state index in [1.54, 1.807) is 24.3 Å². The van der Waals surface area contributed by atoms with Crippen LogP contribution in [-0.4, -0.2) is 48.0 Å². The van der Waals surface area contributed by atoms with E-state index in [-0.39, 0.29) is 11.0 Å². The first-order chi connectivity index (χ1) is 16.4. The zero-order valence-electron chi connectivity index (χ0n) is 18.1. The van der Waals surface area contributed by atoms with E-state index in [1.807, 2.05) is 29.2 Å². The molecule has 34 heavy (non-hydrogen) atoms. The molecule has 0 unspecified atom stereocenters. The Morgan fingerprint density at radius 3 is 2.15 bits per heavy atom. The quantitative estimate of drug-likeness (QED) is 0.518. The Hall–Kier alpha value is -3.49. The second-order valence-corrected chi connectivity index (χ2v) is 8.56. The van der Waals surface area contributed by atoms with Crippen LogP contribution in [0.3, 0.4) is 0 Å². The lowest BCUT2D eigenvalue weighted by Gasteiger charge is -2.37. The molecule has 6 nitrogen and oxygen atoms in total. The highest BCUT2D eigenvalue weighted by atomic mass is 35.5. The molecule has 1 aliphatic heterocycles. The lowest BCUT2D eigenvalue weighted by molar-refractivity contribution is 0.0746. The van der Waals surface area contributed by atoms with Crippen molar-refractivity contribution < 1.29 is 14.0 Å². The fourth-order valence-corrected chi connectivity index (χ4v) is 4.04. The van der Waals surface area contributed by atoms with Gasteiger partial charge in [0.05, 0.1) is 11.4 Å². The summed E-state index contributed by atoms with van der Waals surface area (Å²) in [5.74, 6) is -0.863. The monoisotopic (exact) mass is 496 g/mol. The van der Waals surface area contributed by atoms with Crippen LogP contribution in [0.4, 0.5) is 15.8 Å². The fraction of sp³-hybridized carbons (Fsp3) is 0.160.